The number of aryl methyl sites for hydroxylation is 1. The van der Waals surface area contributed by atoms with Gasteiger partial charge >= 0.3 is 0 Å². The van der Waals surface area contributed by atoms with Crippen molar-refractivity contribution in [2.75, 3.05) is 7.11 Å². The number of fused-ring (bicyclic) bond motifs is 2. The fourth-order valence-electron chi connectivity index (χ4n) is 2.83. The molecule has 7 heteroatoms. The number of hydrogen-bond donors (Lipinski definition) is 1. The number of ether oxygens (including phenoxy) is 1. The van der Waals surface area contributed by atoms with Crippen molar-refractivity contribution in [2.45, 2.75) is 33.2 Å². The van der Waals surface area contributed by atoms with Crippen LogP contribution in [-0.2, 0) is 0 Å². The zero-order chi connectivity index (χ0) is 18.3. The van der Waals surface area contributed by atoms with Gasteiger partial charge in [0, 0.05) is 5.39 Å². The van der Waals surface area contributed by atoms with Crippen LogP contribution < -0.4 is 10.5 Å². The summed E-state index contributed by atoms with van der Waals surface area (Å²) in [6.45, 7) is 5.75. The first-order chi connectivity index (χ1) is 11.9. The predicted octanol–water partition coefficient (Wildman–Crippen LogP) is 3.57. The van der Waals surface area contributed by atoms with Crippen LogP contribution in [-0.4, -0.2) is 33.8 Å². The fraction of sp³-hybridized carbons (Fsp3) is 0.389. The Morgan fingerprint density at radius 3 is 2.80 bits per heavy atom. The largest absolute Gasteiger partial charge is 0.497 e. The highest BCUT2D eigenvalue weighted by molar-refractivity contribution is 6.40. The first-order valence-electron chi connectivity index (χ1n) is 8.21. The van der Waals surface area contributed by atoms with Crippen molar-refractivity contribution in [2.24, 2.45) is 11.7 Å². The number of nitrogens with zero attached hydrogens (tertiary/aromatic N) is 3. The quantitative estimate of drug-likeness (QED) is 0.769. The summed E-state index contributed by atoms with van der Waals surface area (Å²) in [5.41, 5.74) is 7.85. The maximum Gasteiger partial charge on any atom is 0.266 e. The van der Waals surface area contributed by atoms with E-state index in [4.69, 9.17) is 22.1 Å². The van der Waals surface area contributed by atoms with Crippen molar-refractivity contribution >= 4 is 39.4 Å². The van der Waals surface area contributed by atoms with Gasteiger partial charge in [-0.25, -0.2) is 4.98 Å². The van der Waals surface area contributed by atoms with Crippen LogP contribution in [0.3, 0.4) is 0 Å². The van der Waals surface area contributed by atoms with Gasteiger partial charge in [0.2, 0.25) is 0 Å². The molecule has 0 saturated heterocycles. The van der Waals surface area contributed by atoms with Crippen molar-refractivity contribution in [1.29, 1.82) is 0 Å². The lowest BCUT2D eigenvalue weighted by Crippen LogP contribution is -2.40. The first-order valence-corrected chi connectivity index (χ1v) is 8.59. The van der Waals surface area contributed by atoms with Gasteiger partial charge in [0.05, 0.1) is 34.8 Å². The molecule has 2 aromatic heterocycles. The zero-order valence-electron chi connectivity index (χ0n) is 14.7. The van der Waals surface area contributed by atoms with E-state index in [1.54, 1.807) is 20.1 Å². The van der Waals surface area contributed by atoms with E-state index < -0.39 is 6.04 Å². The molecule has 2 unspecified atom stereocenters. The lowest BCUT2D eigenvalue weighted by Gasteiger charge is -2.16. The topological polar surface area (TPSA) is 83.0 Å². The zero-order valence-corrected chi connectivity index (χ0v) is 15.5. The third kappa shape index (κ3) is 2.85. The number of methoxy groups -OCH3 is 1. The Labute approximate surface area is 150 Å². The van der Waals surface area contributed by atoms with Crippen LogP contribution in [0.15, 0.2) is 18.2 Å². The summed E-state index contributed by atoms with van der Waals surface area (Å²) < 4.78 is 6.54. The number of hydrogen-bond acceptors (Lipinski definition) is 5. The van der Waals surface area contributed by atoms with Crippen molar-refractivity contribution in [3.63, 3.8) is 0 Å². The van der Waals surface area contributed by atoms with Gasteiger partial charge in [0.25, 0.3) is 5.91 Å². The van der Waals surface area contributed by atoms with Crippen molar-refractivity contribution in [3.05, 3.63) is 28.9 Å². The van der Waals surface area contributed by atoms with Crippen LogP contribution in [0.2, 0.25) is 5.02 Å². The monoisotopic (exact) mass is 360 g/mol. The average molecular weight is 361 g/mol. The van der Waals surface area contributed by atoms with Gasteiger partial charge in [-0.05, 0) is 31.0 Å². The molecule has 0 radical (unpaired) electrons. The average Bonchev–Trinajstić information content (AvgIpc) is 2.96. The van der Waals surface area contributed by atoms with Gasteiger partial charge in [-0.1, -0.05) is 31.9 Å². The molecule has 132 valence electrons. The highest BCUT2D eigenvalue weighted by Crippen LogP contribution is 2.34. The highest BCUT2D eigenvalue weighted by Gasteiger charge is 2.26. The molecule has 3 aromatic rings. The molecule has 6 nitrogen and oxygen atoms in total. The van der Waals surface area contributed by atoms with Gasteiger partial charge in [0.15, 0.2) is 5.65 Å². The Hall–Kier alpha value is -2.18. The molecule has 25 heavy (non-hydrogen) atoms. The van der Waals surface area contributed by atoms with E-state index in [9.17, 15) is 4.79 Å². The van der Waals surface area contributed by atoms with Crippen LogP contribution in [0, 0.1) is 12.8 Å². The second-order valence-corrected chi connectivity index (χ2v) is 6.63. The summed E-state index contributed by atoms with van der Waals surface area (Å²) in [6.07, 6.45) is 0.808. The van der Waals surface area contributed by atoms with Crippen LogP contribution in [0.5, 0.6) is 5.75 Å². The molecule has 0 bridgehead atoms. The van der Waals surface area contributed by atoms with Crippen molar-refractivity contribution in [1.82, 2.24) is 14.8 Å². The van der Waals surface area contributed by atoms with Gasteiger partial charge < -0.3 is 10.5 Å². The van der Waals surface area contributed by atoms with E-state index in [0.29, 0.717) is 33.0 Å². The predicted molar refractivity (Wildman–Crippen MR) is 99.4 cm³/mol. The van der Waals surface area contributed by atoms with E-state index >= 15 is 0 Å². The van der Waals surface area contributed by atoms with Crippen LogP contribution in [0.4, 0.5) is 0 Å². The van der Waals surface area contributed by atoms with Crippen molar-refractivity contribution in [3.8, 4) is 5.75 Å². The van der Waals surface area contributed by atoms with Crippen LogP contribution in [0.1, 0.15) is 30.8 Å². The number of carbonyl (C=O) groups is 1. The summed E-state index contributed by atoms with van der Waals surface area (Å²) in [7, 11) is 1.60. The standard InChI is InChI=1S/C18H21ClN4O2/c1-5-9(2)16(20)18(24)23-17-14(10(3)22-23)15(19)12-8-11(25-4)6-7-13(12)21-17/h6-9,16H,5,20H2,1-4H3. The number of benzene rings is 1. The van der Waals surface area contributed by atoms with Gasteiger partial charge in [-0.3, -0.25) is 4.79 Å². The van der Waals surface area contributed by atoms with E-state index in [2.05, 4.69) is 10.1 Å². The lowest BCUT2D eigenvalue weighted by molar-refractivity contribution is 0.0839. The normalized spacial score (nSPS) is 14.0. The SMILES string of the molecule is CCC(C)C(N)C(=O)n1nc(C)c2c(Cl)c3cc(OC)ccc3nc21. The molecule has 0 aliphatic heterocycles. The Bertz CT molecular complexity index is 967. The molecule has 2 N–H and O–H groups in total. The van der Waals surface area contributed by atoms with Gasteiger partial charge in [-0.2, -0.15) is 9.78 Å². The molecule has 2 heterocycles. The minimum absolute atomic E-state index is 0.0484. The summed E-state index contributed by atoms with van der Waals surface area (Å²) in [4.78, 5) is 17.4. The molecule has 0 amide bonds. The van der Waals surface area contributed by atoms with E-state index in [0.717, 1.165) is 11.8 Å². The first kappa shape index (κ1) is 17.6. The molecule has 2 atom stereocenters. The molecule has 1 aromatic carbocycles. The van der Waals surface area contributed by atoms with Crippen LogP contribution in [0.25, 0.3) is 21.9 Å². The molecule has 0 aliphatic carbocycles. The molecule has 3 rings (SSSR count). The maximum atomic E-state index is 12.8. The minimum Gasteiger partial charge on any atom is -0.497 e. The molecular weight excluding hydrogens is 340 g/mol. The van der Waals surface area contributed by atoms with Crippen molar-refractivity contribution < 1.29 is 9.53 Å². The van der Waals surface area contributed by atoms with E-state index in [-0.39, 0.29) is 11.8 Å². The third-order valence-electron chi connectivity index (χ3n) is 4.67. The number of aromatic nitrogens is 3. The molecule has 0 fully saturated rings. The summed E-state index contributed by atoms with van der Waals surface area (Å²) >= 11 is 6.60. The number of carbonyl (C=O) groups excluding carboxylic acids is 1. The summed E-state index contributed by atoms with van der Waals surface area (Å²) in [5.74, 6) is 0.464. The second kappa shape index (κ2) is 6.61. The Morgan fingerprint density at radius 1 is 1.44 bits per heavy atom. The lowest BCUT2D eigenvalue weighted by atomic mass is 9.99. The van der Waals surface area contributed by atoms with Gasteiger partial charge in [-0.15, -0.1) is 0 Å². The molecular formula is C18H21ClN4O2. The Morgan fingerprint density at radius 2 is 2.16 bits per heavy atom. The molecule has 0 spiro atoms. The second-order valence-electron chi connectivity index (χ2n) is 6.25. The number of rotatable bonds is 4. The number of pyridine rings is 1. The smallest absolute Gasteiger partial charge is 0.266 e. The number of nitrogens with two attached hydrogens (primary N) is 1. The minimum atomic E-state index is -0.639. The third-order valence-corrected chi connectivity index (χ3v) is 5.07. The Kier molecular flexibility index (Phi) is 4.67. The molecule has 0 saturated carbocycles. The van der Waals surface area contributed by atoms with Crippen LogP contribution >= 0.6 is 11.6 Å². The van der Waals surface area contributed by atoms with E-state index in [1.165, 1.54) is 4.68 Å². The van der Waals surface area contributed by atoms with E-state index in [1.807, 2.05) is 26.0 Å². The Balaban J connectivity index is 2.25. The molecule has 0 aliphatic rings. The summed E-state index contributed by atoms with van der Waals surface area (Å²) in [6, 6.07) is 4.80. The number of halogens is 1. The summed E-state index contributed by atoms with van der Waals surface area (Å²) in [5, 5.41) is 6.29. The maximum absolute atomic E-state index is 12.8. The fourth-order valence-corrected chi connectivity index (χ4v) is 3.20. The van der Waals surface area contributed by atoms with Gasteiger partial charge in [0.1, 0.15) is 5.75 Å². The highest BCUT2D eigenvalue weighted by atomic mass is 35.5.